The molecule has 0 amide bonds. The van der Waals surface area contributed by atoms with Crippen LogP contribution in [0.1, 0.15) is 5.56 Å². The van der Waals surface area contributed by atoms with Crippen LogP contribution >= 0.6 is 11.8 Å². The summed E-state index contributed by atoms with van der Waals surface area (Å²) in [6.45, 7) is 0. The lowest BCUT2D eigenvalue weighted by Gasteiger charge is -2.09. The second-order valence-electron chi connectivity index (χ2n) is 6.51. The van der Waals surface area contributed by atoms with Gasteiger partial charge >= 0.3 is 0 Å². The molecule has 0 N–H and O–H groups in total. The van der Waals surface area contributed by atoms with Crippen LogP contribution in [0.2, 0.25) is 0 Å². The van der Waals surface area contributed by atoms with Gasteiger partial charge in [-0.05, 0) is 60.8 Å². The SMILES string of the molecule is C1=c2c(ccc3c2=Cc2c-3ccc3c2ccc2ccccc23)SC1. The lowest BCUT2D eigenvalue weighted by molar-refractivity contribution is 1.36. The first-order valence-corrected chi connectivity index (χ1v) is 9.31. The summed E-state index contributed by atoms with van der Waals surface area (Å²) < 4.78 is 0. The van der Waals surface area contributed by atoms with Gasteiger partial charge in [-0.15, -0.1) is 11.8 Å². The van der Waals surface area contributed by atoms with E-state index < -0.39 is 0 Å². The van der Waals surface area contributed by atoms with E-state index in [4.69, 9.17) is 0 Å². The molecule has 24 heavy (non-hydrogen) atoms. The Morgan fingerprint density at radius 1 is 0.667 bits per heavy atom. The predicted octanol–water partition coefficient (Wildman–Crippen LogP) is 4.69. The van der Waals surface area contributed by atoms with Gasteiger partial charge in [0.15, 0.2) is 0 Å². The Hall–Kier alpha value is -2.51. The van der Waals surface area contributed by atoms with Crippen LogP contribution in [0, 0.1) is 0 Å². The summed E-state index contributed by atoms with van der Waals surface area (Å²) in [5, 5.41) is 8.21. The van der Waals surface area contributed by atoms with Gasteiger partial charge in [0.1, 0.15) is 0 Å². The quantitative estimate of drug-likeness (QED) is 0.373. The molecule has 0 saturated heterocycles. The molecule has 6 rings (SSSR count). The Bertz CT molecular complexity index is 1300. The van der Waals surface area contributed by atoms with Crippen molar-refractivity contribution in [1.82, 2.24) is 0 Å². The number of thioether (sulfide) groups is 1. The zero-order valence-electron chi connectivity index (χ0n) is 13.0. The molecule has 4 aromatic rings. The van der Waals surface area contributed by atoms with E-state index in [2.05, 4.69) is 72.8 Å². The average Bonchev–Trinajstić information content (AvgIpc) is 3.25. The van der Waals surface area contributed by atoms with Crippen LogP contribution in [0.3, 0.4) is 0 Å². The van der Waals surface area contributed by atoms with Crippen LogP contribution in [0.5, 0.6) is 0 Å². The molecule has 0 radical (unpaired) electrons. The van der Waals surface area contributed by atoms with E-state index in [1.807, 2.05) is 11.8 Å². The standard InChI is InChI=1S/C23H14S/c1-2-4-15-14(3-1)5-6-17-16(15)7-8-18-19-9-10-23-20(11-12-24-23)22(19)13-21(17)18/h1-11,13H,12H2. The molecule has 4 aromatic carbocycles. The lowest BCUT2D eigenvalue weighted by Crippen LogP contribution is -2.24. The van der Waals surface area contributed by atoms with Crippen LogP contribution < -0.4 is 10.4 Å². The van der Waals surface area contributed by atoms with E-state index >= 15 is 0 Å². The zero-order valence-corrected chi connectivity index (χ0v) is 13.9. The van der Waals surface area contributed by atoms with Crippen molar-refractivity contribution in [1.29, 1.82) is 0 Å². The third kappa shape index (κ3) is 1.55. The molecular formula is C23H14S. The second-order valence-corrected chi connectivity index (χ2v) is 7.57. The smallest absolute Gasteiger partial charge is 0.0170 e. The fourth-order valence-corrected chi connectivity index (χ4v) is 5.15. The summed E-state index contributed by atoms with van der Waals surface area (Å²) in [6.07, 6.45) is 4.78. The molecule has 0 nitrogen and oxygen atoms in total. The third-order valence-corrected chi connectivity index (χ3v) is 6.32. The first-order chi connectivity index (χ1) is 11.9. The Kier molecular flexibility index (Phi) is 2.42. The predicted molar refractivity (Wildman–Crippen MR) is 105 cm³/mol. The normalized spacial score (nSPS) is 14.2. The summed E-state index contributed by atoms with van der Waals surface area (Å²) in [6, 6.07) is 22.4. The Morgan fingerprint density at radius 3 is 2.54 bits per heavy atom. The van der Waals surface area contributed by atoms with Crippen LogP contribution in [-0.2, 0) is 0 Å². The first-order valence-electron chi connectivity index (χ1n) is 8.33. The van der Waals surface area contributed by atoms with Gasteiger partial charge in [0.2, 0.25) is 0 Å². The number of hydrogen-bond acceptors (Lipinski definition) is 1. The second kappa shape index (κ2) is 4.52. The van der Waals surface area contributed by atoms with E-state index in [0.29, 0.717) is 0 Å². The van der Waals surface area contributed by atoms with Crippen LogP contribution in [0.4, 0.5) is 0 Å². The summed E-state index contributed by atoms with van der Waals surface area (Å²) in [4.78, 5) is 1.42. The van der Waals surface area contributed by atoms with E-state index in [-0.39, 0.29) is 0 Å². The largest absolute Gasteiger partial charge is 0.121 e. The Morgan fingerprint density at radius 2 is 1.54 bits per heavy atom. The maximum Gasteiger partial charge on any atom is 0.0170 e. The monoisotopic (exact) mass is 322 g/mol. The van der Waals surface area contributed by atoms with E-state index in [0.717, 1.165) is 5.75 Å². The molecule has 0 atom stereocenters. The van der Waals surface area contributed by atoms with Crippen molar-refractivity contribution in [2.24, 2.45) is 0 Å². The van der Waals surface area contributed by atoms with Gasteiger partial charge in [0, 0.05) is 10.6 Å². The maximum absolute atomic E-state index is 2.41. The molecule has 0 saturated carbocycles. The minimum absolute atomic E-state index is 1.10. The summed E-state index contributed by atoms with van der Waals surface area (Å²) in [5.41, 5.74) is 4.14. The molecule has 1 heterocycles. The van der Waals surface area contributed by atoms with Crippen LogP contribution in [0.25, 0.3) is 44.8 Å². The molecule has 2 aliphatic rings. The minimum atomic E-state index is 1.10. The summed E-state index contributed by atoms with van der Waals surface area (Å²) in [7, 11) is 0. The van der Waals surface area contributed by atoms with Gasteiger partial charge in [0.05, 0.1) is 0 Å². The van der Waals surface area contributed by atoms with Gasteiger partial charge in [-0.3, -0.25) is 0 Å². The van der Waals surface area contributed by atoms with Gasteiger partial charge in [-0.25, -0.2) is 0 Å². The van der Waals surface area contributed by atoms with Crippen molar-refractivity contribution in [3.63, 3.8) is 0 Å². The highest BCUT2D eigenvalue weighted by Gasteiger charge is 2.18. The van der Waals surface area contributed by atoms with Gasteiger partial charge in [0.25, 0.3) is 0 Å². The molecule has 0 bridgehead atoms. The molecule has 1 heteroatoms. The van der Waals surface area contributed by atoms with E-state index in [1.54, 1.807) is 0 Å². The maximum atomic E-state index is 2.41. The van der Waals surface area contributed by atoms with Crippen molar-refractivity contribution < 1.29 is 0 Å². The molecule has 0 spiro atoms. The Balaban J connectivity index is 1.79. The molecule has 1 aliphatic heterocycles. The molecule has 112 valence electrons. The van der Waals surface area contributed by atoms with Crippen LogP contribution in [0.15, 0.2) is 65.6 Å². The molecular weight excluding hydrogens is 308 g/mol. The third-order valence-electron chi connectivity index (χ3n) is 5.32. The average molecular weight is 322 g/mol. The van der Waals surface area contributed by atoms with Gasteiger partial charge < -0.3 is 0 Å². The molecule has 1 aliphatic carbocycles. The highest BCUT2D eigenvalue weighted by molar-refractivity contribution is 7.99. The topological polar surface area (TPSA) is 0 Å². The fourth-order valence-electron chi connectivity index (χ4n) is 4.20. The Labute approximate surface area is 144 Å². The molecule has 0 fully saturated rings. The molecule has 0 aromatic heterocycles. The minimum Gasteiger partial charge on any atom is -0.121 e. The number of benzene rings is 4. The first kappa shape index (κ1) is 12.9. The number of fused-ring (bicyclic) bond motifs is 9. The van der Waals surface area contributed by atoms with Gasteiger partial charge in [-0.1, -0.05) is 60.7 Å². The number of hydrogen-bond donors (Lipinski definition) is 0. The number of rotatable bonds is 0. The highest BCUT2D eigenvalue weighted by Crippen LogP contribution is 2.36. The summed E-state index contributed by atoms with van der Waals surface area (Å²) >= 11 is 1.94. The highest BCUT2D eigenvalue weighted by atomic mass is 32.2. The van der Waals surface area contributed by atoms with E-state index in [1.165, 1.54) is 53.6 Å². The van der Waals surface area contributed by atoms with Crippen molar-refractivity contribution in [2.45, 2.75) is 4.90 Å². The van der Waals surface area contributed by atoms with Crippen LogP contribution in [-0.4, -0.2) is 5.75 Å². The fraction of sp³-hybridized carbons (Fsp3) is 0.0435. The van der Waals surface area contributed by atoms with Crippen molar-refractivity contribution in [3.8, 4) is 11.1 Å². The lowest BCUT2D eigenvalue weighted by atomic mass is 9.95. The van der Waals surface area contributed by atoms with E-state index in [9.17, 15) is 0 Å². The van der Waals surface area contributed by atoms with Crippen molar-refractivity contribution >= 4 is 45.5 Å². The molecule has 0 unspecified atom stereocenters. The van der Waals surface area contributed by atoms with Gasteiger partial charge in [-0.2, -0.15) is 0 Å². The zero-order chi connectivity index (χ0) is 15.7. The van der Waals surface area contributed by atoms with Crippen molar-refractivity contribution in [2.75, 3.05) is 5.75 Å². The van der Waals surface area contributed by atoms with Crippen molar-refractivity contribution in [3.05, 3.63) is 76.7 Å². The summed E-state index contributed by atoms with van der Waals surface area (Å²) in [5.74, 6) is 1.10.